The molecule has 2 rings (SSSR count). The maximum atomic E-state index is 6.03. The van der Waals surface area contributed by atoms with Gasteiger partial charge in [0.15, 0.2) is 0 Å². The van der Waals surface area contributed by atoms with Crippen LogP contribution in [0.25, 0.3) is 0 Å². The molecule has 0 amide bonds. The van der Waals surface area contributed by atoms with Crippen molar-refractivity contribution in [2.24, 2.45) is 5.73 Å². The number of nitrogens with two attached hydrogens (primary N) is 1. The van der Waals surface area contributed by atoms with Crippen LogP contribution in [0.1, 0.15) is 37.5 Å². The molecule has 0 saturated heterocycles. The minimum Gasteiger partial charge on any atom is -0.439 e. The lowest BCUT2D eigenvalue weighted by atomic mass is 9.85. The van der Waals surface area contributed by atoms with E-state index in [2.05, 4.69) is 38.7 Å². The van der Waals surface area contributed by atoms with Crippen LogP contribution in [-0.4, -0.2) is 4.98 Å². The van der Waals surface area contributed by atoms with Gasteiger partial charge in [0.25, 0.3) is 0 Å². The van der Waals surface area contributed by atoms with Gasteiger partial charge in [0, 0.05) is 24.4 Å². The van der Waals surface area contributed by atoms with E-state index in [0.29, 0.717) is 17.4 Å². The van der Waals surface area contributed by atoms with Crippen LogP contribution in [0.15, 0.2) is 30.5 Å². The fourth-order valence-electron chi connectivity index (χ4n) is 2.10. The largest absolute Gasteiger partial charge is 0.439 e. The molecule has 0 atom stereocenters. The predicted molar refractivity (Wildman–Crippen MR) is 87.1 cm³/mol. The molecule has 21 heavy (non-hydrogen) atoms. The highest BCUT2D eigenvalue weighted by Gasteiger charge is 2.20. The fraction of sp³-hybridized carbons (Fsp3) is 0.353. The van der Waals surface area contributed by atoms with Crippen molar-refractivity contribution in [1.82, 2.24) is 4.98 Å². The second-order valence-corrected chi connectivity index (χ2v) is 6.58. The maximum Gasteiger partial charge on any atom is 0.219 e. The van der Waals surface area contributed by atoms with Gasteiger partial charge < -0.3 is 10.5 Å². The predicted octanol–water partition coefficient (Wildman–Crippen LogP) is 4.59. The van der Waals surface area contributed by atoms with E-state index in [-0.39, 0.29) is 5.41 Å². The lowest BCUT2D eigenvalue weighted by molar-refractivity contribution is 0.439. The van der Waals surface area contributed by atoms with Crippen LogP contribution in [0.3, 0.4) is 0 Å². The minimum atomic E-state index is -0.00945. The quantitative estimate of drug-likeness (QED) is 0.902. The third-order valence-electron chi connectivity index (χ3n) is 3.29. The number of aromatic nitrogens is 1. The summed E-state index contributed by atoms with van der Waals surface area (Å²) in [6.45, 7) is 8.92. The number of rotatable bonds is 3. The van der Waals surface area contributed by atoms with Crippen molar-refractivity contribution in [2.75, 3.05) is 0 Å². The molecule has 0 aliphatic rings. The SMILES string of the molecule is Cc1ccc(Oc2cc(CN)c(Cl)cn2)c(C(C)(C)C)c1. The van der Waals surface area contributed by atoms with E-state index in [1.54, 1.807) is 12.3 Å². The zero-order chi connectivity index (χ0) is 15.6. The van der Waals surface area contributed by atoms with Crippen molar-refractivity contribution in [2.45, 2.75) is 39.7 Å². The molecule has 2 N–H and O–H groups in total. The number of pyridine rings is 1. The lowest BCUT2D eigenvalue weighted by Crippen LogP contribution is -2.13. The minimum absolute atomic E-state index is 0.00945. The molecule has 4 heteroatoms. The van der Waals surface area contributed by atoms with Crippen LogP contribution in [0.2, 0.25) is 5.02 Å². The number of hydrogen-bond donors (Lipinski definition) is 1. The van der Waals surface area contributed by atoms with Crippen LogP contribution in [0.4, 0.5) is 0 Å². The number of ether oxygens (including phenoxy) is 1. The summed E-state index contributed by atoms with van der Waals surface area (Å²) in [4.78, 5) is 4.22. The standard InChI is InChI=1S/C17H21ClN2O/c1-11-5-6-15(13(7-11)17(2,3)4)21-16-8-12(9-19)14(18)10-20-16/h5-8,10H,9,19H2,1-4H3. The summed E-state index contributed by atoms with van der Waals surface area (Å²) in [6.07, 6.45) is 1.57. The van der Waals surface area contributed by atoms with E-state index in [4.69, 9.17) is 22.1 Å². The summed E-state index contributed by atoms with van der Waals surface area (Å²) < 4.78 is 5.96. The van der Waals surface area contributed by atoms with Gasteiger partial charge in [0.05, 0.1) is 5.02 Å². The molecule has 0 unspecified atom stereocenters. The Morgan fingerprint density at radius 1 is 1.24 bits per heavy atom. The Bertz CT molecular complexity index is 648. The second-order valence-electron chi connectivity index (χ2n) is 6.17. The molecule has 0 saturated carbocycles. The number of benzene rings is 1. The van der Waals surface area contributed by atoms with E-state index in [1.807, 2.05) is 12.1 Å². The first kappa shape index (κ1) is 15.8. The average molecular weight is 305 g/mol. The van der Waals surface area contributed by atoms with Gasteiger partial charge in [-0.15, -0.1) is 0 Å². The molecule has 3 nitrogen and oxygen atoms in total. The lowest BCUT2D eigenvalue weighted by Gasteiger charge is -2.23. The van der Waals surface area contributed by atoms with Crippen LogP contribution in [-0.2, 0) is 12.0 Å². The molecule has 0 aliphatic heterocycles. The molecule has 1 heterocycles. The van der Waals surface area contributed by atoms with Crippen molar-refractivity contribution in [3.05, 3.63) is 52.2 Å². The van der Waals surface area contributed by atoms with E-state index < -0.39 is 0 Å². The summed E-state index contributed by atoms with van der Waals surface area (Å²) in [5.41, 5.74) is 8.83. The first-order chi connectivity index (χ1) is 9.81. The van der Waals surface area contributed by atoms with Crippen molar-refractivity contribution in [1.29, 1.82) is 0 Å². The molecular formula is C17H21ClN2O. The summed E-state index contributed by atoms with van der Waals surface area (Å²) in [5.74, 6) is 1.32. The van der Waals surface area contributed by atoms with Gasteiger partial charge in [0.1, 0.15) is 5.75 Å². The topological polar surface area (TPSA) is 48.1 Å². The molecule has 2 aromatic rings. The average Bonchev–Trinajstić information content (AvgIpc) is 2.41. The molecule has 0 bridgehead atoms. The van der Waals surface area contributed by atoms with E-state index in [1.165, 1.54) is 5.56 Å². The summed E-state index contributed by atoms with van der Waals surface area (Å²) in [5, 5.41) is 0.560. The third-order valence-corrected chi connectivity index (χ3v) is 3.63. The molecule has 0 fully saturated rings. The van der Waals surface area contributed by atoms with Crippen molar-refractivity contribution >= 4 is 11.6 Å². The third kappa shape index (κ3) is 3.74. The fourth-order valence-corrected chi connectivity index (χ4v) is 2.28. The van der Waals surface area contributed by atoms with Gasteiger partial charge >= 0.3 is 0 Å². The van der Waals surface area contributed by atoms with Crippen LogP contribution in [0.5, 0.6) is 11.6 Å². The van der Waals surface area contributed by atoms with Crippen molar-refractivity contribution < 1.29 is 4.74 Å². The molecule has 0 radical (unpaired) electrons. The number of hydrogen-bond acceptors (Lipinski definition) is 3. The highest BCUT2D eigenvalue weighted by Crippen LogP contribution is 2.34. The second kappa shape index (κ2) is 6.04. The van der Waals surface area contributed by atoms with Gasteiger partial charge in [-0.3, -0.25) is 0 Å². The van der Waals surface area contributed by atoms with Crippen molar-refractivity contribution in [3.8, 4) is 11.6 Å². The Kier molecular flexibility index (Phi) is 4.55. The van der Waals surface area contributed by atoms with Crippen LogP contribution >= 0.6 is 11.6 Å². The first-order valence-corrected chi connectivity index (χ1v) is 7.32. The Hall–Kier alpha value is -1.58. The van der Waals surface area contributed by atoms with Gasteiger partial charge in [-0.2, -0.15) is 0 Å². The van der Waals surface area contributed by atoms with Crippen LogP contribution in [0, 0.1) is 6.92 Å². The van der Waals surface area contributed by atoms with E-state index in [0.717, 1.165) is 16.9 Å². The van der Waals surface area contributed by atoms with Gasteiger partial charge in [0.2, 0.25) is 5.88 Å². The van der Waals surface area contributed by atoms with Crippen LogP contribution < -0.4 is 10.5 Å². The zero-order valence-corrected chi connectivity index (χ0v) is 13.7. The Balaban J connectivity index is 2.40. The van der Waals surface area contributed by atoms with Gasteiger partial charge in [-0.1, -0.05) is 50.1 Å². The number of aryl methyl sites for hydroxylation is 1. The summed E-state index contributed by atoms with van der Waals surface area (Å²) >= 11 is 6.03. The molecular weight excluding hydrogens is 284 g/mol. The number of nitrogens with zero attached hydrogens (tertiary/aromatic N) is 1. The molecule has 1 aromatic carbocycles. The monoisotopic (exact) mass is 304 g/mol. The molecule has 0 spiro atoms. The zero-order valence-electron chi connectivity index (χ0n) is 12.9. The Morgan fingerprint density at radius 3 is 2.57 bits per heavy atom. The van der Waals surface area contributed by atoms with Gasteiger partial charge in [-0.05, 0) is 24.0 Å². The Labute approximate surface area is 131 Å². The normalized spacial score (nSPS) is 11.5. The molecule has 112 valence electrons. The highest BCUT2D eigenvalue weighted by molar-refractivity contribution is 6.31. The molecule has 1 aromatic heterocycles. The smallest absolute Gasteiger partial charge is 0.219 e. The van der Waals surface area contributed by atoms with E-state index in [9.17, 15) is 0 Å². The van der Waals surface area contributed by atoms with Crippen molar-refractivity contribution in [3.63, 3.8) is 0 Å². The van der Waals surface area contributed by atoms with Gasteiger partial charge in [-0.25, -0.2) is 4.98 Å². The highest BCUT2D eigenvalue weighted by atomic mass is 35.5. The Morgan fingerprint density at radius 2 is 1.95 bits per heavy atom. The van der Waals surface area contributed by atoms with E-state index >= 15 is 0 Å². The number of halogens is 1. The summed E-state index contributed by atoms with van der Waals surface area (Å²) in [7, 11) is 0. The first-order valence-electron chi connectivity index (χ1n) is 6.94. The maximum absolute atomic E-state index is 6.03. The summed E-state index contributed by atoms with van der Waals surface area (Å²) in [6, 6.07) is 7.95. The molecule has 0 aliphatic carbocycles.